The van der Waals surface area contributed by atoms with Crippen molar-refractivity contribution in [2.45, 2.75) is 0 Å². The molecular formula is C136H90N4O2. The average Bonchev–Trinajstić information content (AvgIpc) is 1.55. The predicted octanol–water partition coefficient (Wildman–Crippen LogP) is 39.0. The molecule has 6 heteroatoms. The molecule has 0 radical (unpaired) electrons. The highest BCUT2D eigenvalue weighted by Gasteiger charge is 2.31. The van der Waals surface area contributed by atoms with E-state index >= 15 is 0 Å². The van der Waals surface area contributed by atoms with Crippen molar-refractivity contribution in [1.29, 1.82) is 0 Å². The van der Waals surface area contributed by atoms with Crippen LogP contribution in [-0.2, 0) is 0 Å². The van der Waals surface area contributed by atoms with Crippen LogP contribution in [0.5, 0.6) is 0 Å². The first kappa shape index (κ1) is 83.7. The van der Waals surface area contributed by atoms with Crippen LogP contribution in [0.1, 0.15) is 0 Å². The summed E-state index contributed by atoms with van der Waals surface area (Å²) >= 11 is 0. The largest absolute Gasteiger partial charge is 0.455 e. The summed E-state index contributed by atoms with van der Waals surface area (Å²) in [5.41, 5.74) is 35.7. The Kier molecular flexibility index (Phi) is 21.2. The van der Waals surface area contributed by atoms with Gasteiger partial charge in [0.1, 0.15) is 22.3 Å². The highest BCUT2D eigenvalue weighted by molar-refractivity contribution is 6.28. The molecule has 0 N–H and O–H groups in total. The second-order valence-electron chi connectivity index (χ2n) is 36.5. The van der Waals surface area contributed by atoms with E-state index < -0.39 is 0 Å². The Morgan fingerprint density at radius 2 is 0.303 bits per heavy atom. The van der Waals surface area contributed by atoms with Crippen LogP contribution in [0.3, 0.4) is 0 Å². The van der Waals surface area contributed by atoms with E-state index in [1.807, 2.05) is 0 Å². The summed E-state index contributed by atoms with van der Waals surface area (Å²) in [5.74, 6) is 0. The summed E-state index contributed by atoms with van der Waals surface area (Å²) in [6.45, 7) is 0. The van der Waals surface area contributed by atoms with Crippen molar-refractivity contribution in [2.24, 2.45) is 0 Å². The maximum absolute atomic E-state index is 7.50. The van der Waals surface area contributed by atoms with Gasteiger partial charge in [-0.15, -0.1) is 0 Å². The van der Waals surface area contributed by atoms with Crippen LogP contribution < -0.4 is 19.6 Å². The van der Waals surface area contributed by atoms with Crippen LogP contribution in [0, 0.1) is 0 Å². The Balaban J connectivity index is 0.598. The van der Waals surface area contributed by atoms with Gasteiger partial charge in [0.25, 0.3) is 0 Å². The van der Waals surface area contributed by atoms with Crippen molar-refractivity contribution in [1.82, 2.24) is 0 Å². The van der Waals surface area contributed by atoms with E-state index in [1.54, 1.807) is 0 Å². The van der Waals surface area contributed by atoms with Crippen molar-refractivity contribution in [3.05, 3.63) is 546 Å². The van der Waals surface area contributed by atoms with E-state index in [2.05, 4.69) is 566 Å². The zero-order valence-corrected chi connectivity index (χ0v) is 77.6. The second kappa shape index (κ2) is 36.0. The van der Waals surface area contributed by atoms with Gasteiger partial charge in [0.15, 0.2) is 0 Å². The maximum atomic E-state index is 7.50. The molecule has 26 rings (SSSR count). The van der Waals surface area contributed by atoms with Crippen molar-refractivity contribution in [3.63, 3.8) is 0 Å². The van der Waals surface area contributed by atoms with Crippen molar-refractivity contribution >= 4 is 155 Å². The molecule has 0 amide bonds. The summed E-state index contributed by atoms with van der Waals surface area (Å²) in [6, 6.07) is 199. The Morgan fingerprint density at radius 1 is 0.106 bits per heavy atom. The topological polar surface area (TPSA) is 39.2 Å². The third-order valence-corrected chi connectivity index (χ3v) is 28.1. The average molecular weight is 1810 g/mol. The molecule has 2 heterocycles. The van der Waals surface area contributed by atoms with Gasteiger partial charge >= 0.3 is 0 Å². The molecule has 0 fully saturated rings. The summed E-state index contributed by atoms with van der Waals surface area (Å²) in [6.07, 6.45) is 0. The minimum atomic E-state index is 0.826. The molecule has 0 atom stereocenters. The number of nitrogens with zero attached hydrogens (tertiary/aromatic N) is 4. The summed E-state index contributed by atoms with van der Waals surface area (Å²) < 4.78 is 14.9. The molecule has 0 spiro atoms. The third-order valence-electron chi connectivity index (χ3n) is 28.1. The molecule has 0 bridgehead atoms. The molecule has 666 valence electrons. The van der Waals surface area contributed by atoms with E-state index in [0.717, 1.165) is 250 Å². The second-order valence-corrected chi connectivity index (χ2v) is 36.5. The van der Waals surface area contributed by atoms with Crippen molar-refractivity contribution < 1.29 is 8.83 Å². The zero-order valence-electron chi connectivity index (χ0n) is 77.6. The lowest BCUT2D eigenvalue weighted by Crippen LogP contribution is -2.12. The number of anilines is 12. The number of fused-ring (bicyclic) bond motifs is 14. The highest BCUT2D eigenvalue weighted by atomic mass is 16.3. The highest BCUT2D eigenvalue weighted by Crippen LogP contribution is 2.55. The van der Waals surface area contributed by atoms with E-state index in [1.165, 1.54) is 5.56 Å². The minimum absolute atomic E-state index is 0.826. The summed E-state index contributed by atoms with van der Waals surface area (Å²) in [5, 5.41) is 12.3. The lowest BCUT2D eigenvalue weighted by atomic mass is 9.95. The first-order valence-corrected chi connectivity index (χ1v) is 48.6. The fourth-order valence-electron chi connectivity index (χ4n) is 21.4. The van der Waals surface area contributed by atoms with Crippen LogP contribution >= 0.6 is 0 Å². The quantitative estimate of drug-likeness (QED) is 0.0714. The number of hydrogen-bond acceptors (Lipinski definition) is 6. The molecule has 0 unspecified atom stereocenters. The normalized spacial score (nSPS) is 11.5. The van der Waals surface area contributed by atoms with Crippen LogP contribution in [-0.4, -0.2) is 0 Å². The Morgan fingerprint density at radius 3 is 0.592 bits per heavy atom. The lowest BCUT2D eigenvalue weighted by Gasteiger charge is -2.30. The van der Waals surface area contributed by atoms with Gasteiger partial charge in [-0.25, -0.2) is 0 Å². The first-order valence-electron chi connectivity index (χ1n) is 48.6. The fourth-order valence-corrected chi connectivity index (χ4v) is 21.4. The smallest absolute Gasteiger partial charge is 0.143 e. The number of rotatable bonds is 21. The van der Waals surface area contributed by atoms with Gasteiger partial charge in [-0.3, -0.25) is 0 Å². The lowest BCUT2D eigenvalue weighted by molar-refractivity contribution is 0.676. The van der Waals surface area contributed by atoms with Crippen molar-refractivity contribution in [3.8, 4) is 100 Å². The van der Waals surface area contributed by atoms with Gasteiger partial charge in [-0.05, 0) is 210 Å². The van der Waals surface area contributed by atoms with E-state index in [4.69, 9.17) is 8.83 Å². The van der Waals surface area contributed by atoms with Gasteiger partial charge in [0.2, 0.25) is 0 Å². The standard InChI is InChI=1S/C136H90N4O2/c1-7-37-91(38-8-1)95-73-77-107(78-74-95)137(109-57-33-53-103(83-109)93-41-11-3-12-42-93)129-87-123-124-88-130(116-64-20-24-68-120(116)134(124)141-133(123)119-67-23-19-63-115(119)129)138(108-79-75-96(76-80-108)92-39-9-2-10-40-92)110-58-35-55-105(85-110)101-51-31-49-99(81-101)100-50-32-52-102(82-100)106-56-36-60-112(86-106)140(128-72-30-28-62-114(128)98-47-17-6-18-48-98)132-90-126-125-89-131(117-65-21-25-69-121(117)135(125)142-136(126)122-70-26-22-66-118(122)132)139(111-59-34-54-104(84-111)94-43-13-4-14-44-94)127-71-29-27-61-113(127)97-45-15-5-16-46-97/h1-90H. The van der Waals surface area contributed by atoms with Gasteiger partial charge in [0, 0.05) is 110 Å². The Bertz CT molecular complexity index is 9290. The summed E-state index contributed by atoms with van der Waals surface area (Å²) in [4.78, 5) is 9.83. The summed E-state index contributed by atoms with van der Waals surface area (Å²) in [7, 11) is 0. The van der Waals surface area contributed by atoms with Crippen LogP contribution in [0.25, 0.3) is 187 Å². The van der Waals surface area contributed by atoms with Crippen LogP contribution in [0.4, 0.5) is 68.2 Å². The third kappa shape index (κ3) is 15.2. The minimum Gasteiger partial charge on any atom is -0.455 e. The fraction of sp³-hybridized carbons (Fsp3) is 0. The number of furan rings is 2. The van der Waals surface area contributed by atoms with E-state index in [9.17, 15) is 0 Å². The molecule has 0 aliphatic rings. The molecule has 0 saturated heterocycles. The predicted molar refractivity (Wildman–Crippen MR) is 599 cm³/mol. The van der Waals surface area contributed by atoms with Gasteiger partial charge in [-0.1, -0.05) is 425 Å². The Labute approximate surface area is 823 Å². The van der Waals surface area contributed by atoms with Crippen LogP contribution in [0.15, 0.2) is 555 Å². The SMILES string of the molecule is c1ccc(-c2ccc(N(c3cccc(-c4ccccc4)c3)c3cc4c5cc(N(c6ccc(-c7ccccc7)cc6)c6cccc(-c7cccc(-c8cccc(-c9cccc(N(c%10ccccc%10-c%10ccccc%10)c%10cc%11c%12cc(N(c%13cccc(-c%14ccccc%14)c%13)c%13ccccc%13-c%13ccccc%13)c%13ccccc%13c%12oc%11c%11ccccc%10%11)c9)c8)c7)c6)c6ccccc6c5oc4c4ccccc34)cc2)cc1. The number of para-hydroxylation sites is 2. The molecule has 24 aromatic carbocycles. The van der Waals surface area contributed by atoms with E-state index in [-0.39, 0.29) is 0 Å². The van der Waals surface area contributed by atoms with Crippen molar-refractivity contribution in [2.75, 3.05) is 19.6 Å². The number of hydrogen-bond donors (Lipinski definition) is 0. The van der Waals surface area contributed by atoms with E-state index in [0.29, 0.717) is 0 Å². The maximum Gasteiger partial charge on any atom is 0.143 e. The molecule has 0 saturated carbocycles. The van der Waals surface area contributed by atoms with Gasteiger partial charge in [-0.2, -0.15) is 0 Å². The molecule has 2 aromatic heterocycles. The van der Waals surface area contributed by atoms with Gasteiger partial charge < -0.3 is 28.4 Å². The Hall–Kier alpha value is -18.9. The molecule has 26 aromatic rings. The molecule has 6 nitrogen and oxygen atoms in total. The molecule has 142 heavy (non-hydrogen) atoms. The molecule has 0 aliphatic heterocycles. The first-order chi connectivity index (χ1) is 70.4. The number of benzene rings is 24. The zero-order chi connectivity index (χ0) is 93.9. The van der Waals surface area contributed by atoms with Gasteiger partial charge in [0.05, 0.1) is 34.1 Å². The van der Waals surface area contributed by atoms with Crippen LogP contribution in [0.2, 0.25) is 0 Å². The molecular weight excluding hydrogens is 1720 g/mol. The monoisotopic (exact) mass is 1810 g/mol. The molecule has 0 aliphatic carbocycles.